The van der Waals surface area contributed by atoms with E-state index >= 15 is 0 Å². The first-order valence-corrected chi connectivity index (χ1v) is 5.19. The predicted octanol–water partition coefficient (Wildman–Crippen LogP) is 0.480. The molecule has 1 saturated carbocycles. The summed E-state index contributed by atoms with van der Waals surface area (Å²) in [7, 11) is 0. The van der Waals surface area contributed by atoms with Crippen molar-refractivity contribution in [2.24, 2.45) is 0 Å². The molecule has 0 unspecified atom stereocenters. The molecule has 1 aromatic rings. The molecular weight excluding hydrogens is 194 g/mol. The number of nitrogens with one attached hydrogen (secondary N) is 1. The summed E-state index contributed by atoms with van der Waals surface area (Å²) in [4.78, 5) is 11.0. The summed E-state index contributed by atoms with van der Waals surface area (Å²) in [5.41, 5.74) is -0.660. The van der Waals surface area contributed by atoms with E-state index in [4.69, 9.17) is 5.11 Å². The Bertz CT molecular complexity index is 330. The van der Waals surface area contributed by atoms with Gasteiger partial charge in [-0.2, -0.15) is 5.10 Å². The highest BCUT2D eigenvalue weighted by Gasteiger charge is 2.43. The van der Waals surface area contributed by atoms with Gasteiger partial charge in [0, 0.05) is 18.9 Å². The predicted molar refractivity (Wildman–Crippen MR) is 54.4 cm³/mol. The highest BCUT2D eigenvalue weighted by atomic mass is 16.4. The van der Waals surface area contributed by atoms with E-state index in [-0.39, 0.29) is 0 Å². The van der Waals surface area contributed by atoms with Crippen LogP contribution >= 0.6 is 0 Å². The van der Waals surface area contributed by atoms with Gasteiger partial charge >= 0.3 is 5.97 Å². The maximum atomic E-state index is 11.0. The Morgan fingerprint density at radius 3 is 2.87 bits per heavy atom. The first kappa shape index (κ1) is 10.2. The molecule has 15 heavy (non-hydrogen) atoms. The average molecular weight is 209 g/mol. The van der Waals surface area contributed by atoms with E-state index in [2.05, 4.69) is 10.4 Å². The average Bonchev–Trinajstić information content (AvgIpc) is 2.61. The minimum Gasteiger partial charge on any atom is -0.480 e. The molecule has 1 aromatic heterocycles. The van der Waals surface area contributed by atoms with Crippen LogP contribution in [0.4, 0.5) is 0 Å². The third kappa shape index (κ3) is 2.02. The minimum atomic E-state index is -0.728. The minimum absolute atomic E-state index is 0.647. The quantitative estimate of drug-likeness (QED) is 0.740. The van der Waals surface area contributed by atoms with E-state index in [1.807, 2.05) is 12.3 Å². The van der Waals surface area contributed by atoms with Crippen molar-refractivity contribution in [2.75, 3.05) is 6.54 Å². The molecule has 1 aliphatic carbocycles. The van der Waals surface area contributed by atoms with E-state index in [0.29, 0.717) is 13.1 Å². The molecule has 0 saturated heterocycles. The van der Waals surface area contributed by atoms with Crippen LogP contribution in [-0.2, 0) is 11.3 Å². The normalized spacial score (nSPS) is 18.4. The third-order valence-corrected chi connectivity index (χ3v) is 2.98. The van der Waals surface area contributed by atoms with Crippen LogP contribution in [0.5, 0.6) is 0 Å². The Labute approximate surface area is 88.1 Å². The van der Waals surface area contributed by atoms with Crippen molar-refractivity contribution in [1.82, 2.24) is 15.1 Å². The summed E-state index contributed by atoms with van der Waals surface area (Å²) >= 11 is 0. The molecule has 0 bridgehead atoms. The second-order valence-corrected chi connectivity index (χ2v) is 3.94. The van der Waals surface area contributed by atoms with Gasteiger partial charge in [-0.05, 0) is 25.3 Å². The zero-order valence-corrected chi connectivity index (χ0v) is 8.52. The van der Waals surface area contributed by atoms with E-state index < -0.39 is 11.5 Å². The van der Waals surface area contributed by atoms with Crippen molar-refractivity contribution in [3.8, 4) is 0 Å². The molecule has 0 aliphatic heterocycles. The molecule has 0 radical (unpaired) electrons. The van der Waals surface area contributed by atoms with Crippen LogP contribution in [0.3, 0.4) is 0 Å². The fourth-order valence-electron chi connectivity index (χ4n) is 1.84. The molecule has 0 aromatic carbocycles. The SMILES string of the molecule is O=C(O)C1(NCCn2cccn2)CCC1. The number of rotatable bonds is 5. The molecule has 0 spiro atoms. The highest BCUT2D eigenvalue weighted by molar-refractivity contribution is 5.79. The van der Waals surface area contributed by atoms with Crippen LogP contribution in [0.2, 0.25) is 0 Å². The van der Waals surface area contributed by atoms with Gasteiger partial charge in [0.1, 0.15) is 5.54 Å². The van der Waals surface area contributed by atoms with Crippen LogP contribution in [0.15, 0.2) is 18.5 Å². The van der Waals surface area contributed by atoms with E-state index in [1.54, 1.807) is 10.9 Å². The second kappa shape index (κ2) is 4.02. The number of hydrogen-bond donors (Lipinski definition) is 2. The van der Waals surface area contributed by atoms with Gasteiger partial charge in [0.25, 0.3) is 0 Å². The molecule has 1 fully saturated rings. The molecule has 82 valence electrons. The molecular formula is C10H15N3O2. The van der Waals surface area contributed by atoms with Crippen molar-refractivity contribution < 1.29 is 9.90 Å². The van der Waals surface area contributed by atoms with Gasteiger partial charge in [-0.15, -0.1) is 0 Å². The molecule has 1 heterocycles. The van der Waals surface area contributed by atoms with Gasteiger partial charge in [-0.1, -0.05) is 0 Å². The van der Waals surface area contributed by atoms with Gasteiger partial charge < -0.3 is 10.4 Å². The Morgan fingerprint density at radius 1 is 1.60 bits per heavy atom. The van der Waals surface area contributed by atoms with Crippen molar-refractivity contribution in [2.45, 2.75) is 31.3 Å². The van der Waals surface area contributed by atoms with Gasteiger partial charge in [0.2, 0.25) is 0 Å². The van der Waals surface area contributed by atoms with Crippen molar-refractivity contribution >= 4 is 5.97 Å². The van der Waals surface area contributed by atoms with Crippen LogP contribution in [0.25, 0.3) is 0 Å². The lowest BCUT2D eigenvalue weighted by Gasteiger charge is -2.38. The largest absolute Gasteiger partial charge is 0.480 e. The zero-order chi connectivity index (χ0) is 10.7. The Morgan fingerprint density at radius 2 is 2.40 bits per heavy atom. The summed E-state index contributed by atoms with van der Waals surface area (Å²) in [6.07, 6.45) is 6.07. The van der Waals surface area contributed by atoms with Gasteiger partial charge in [-0.25, -0.2) is 0 Å². The summed E-state index contributed by atoms with van der Waals surface area (Å²) in [5, 5.41) is 16.2. The number of aliphatic carboxylic acids is 1. The van der Waals surface area contributed by atoms with Crippen molar-refractivity contribution in [3.05, 3.63) is 18.5 Å². The third-order valence-electron chi connectivity index (χ3n) is 2.98. The second-order valence-electron chi connectivity index (χ2n) is 3.94. The lowest BCUT2D eigenvalue weighted by Crippen LogP contribution is -2.57. The molecule has 5 heteroatoms. The highest BCUT2D eigenvalue weighted by Crippen LogP contribution is 2.31. The monoisotopic (exact) mass is 209 g/mol. The number of hydrogen-bond acceptors (Lipinski definition) is 3. The van der Waals surface area contributed by atoms with Gasteiger partial charge in [-0.3, -0.25) is 9.48 Å². The standard InChI is InChI=1S/C10H15N3O2/c14-9(15)10(3-1-4-10)11-6-8-13-7-2-5-12-13/h2,5,7,11H,1,3-4,6,8H2,(H,14,15). The topological polar surface area (TPSA) is 67.2 Å². The summed E-state index contributed by atoms with van der Waals surface area (Å²) in [5.74, 6) is -0.728. The van der Waals surface area contributed by atoms with Crippen LogP contribution < -0.4 is 5.32 Å². The van der Waals surface area contributed by atoms with Gasteiger partial charge in [0.05, 0.1) is 6.54 Å². The summed E-state index contributed by atoms with van der Waals surface area (Å²) in [6, 6.07) is 1.86. The smallest absolute Gasteiger partial charge is 0.323 e. The van der Waals surface area contributed by atoms with E-state index in [9.17, 15) is 4.79 Å². The Hall–Kier alpha value is -1.36. The maximum absolute atomic E-state index is 11.0. The lowest BCUT2D eigenvalue weighted by molar-refractivity contribution is -0.148. The van der Waals surface area contributed by atoms with Gasteiger partial charge in [0.15, 0.2) is 0 Å². The molecule has 0 atom stereocenters. The number of nitrogens with zero attached hydrogens (tertiary/aromatic N) is 2. The number of carboxylic acids is 1. The fraction of sp³-hybridized carbons (Fsp3) is 0.600. The number of aromatic nitrogens is 2. The number of carboxylic acid groups (broad SMARTS) is 1. The van der Waals surface area contributed by atoms with E-state index in [0.717, 1.165) is 19.3 Å². The number of carbonyl (C=O) groups is 1. The maximum Gasteiger partial charge on any atom is 0.323 e. The Balaban J connectivity index is 1.80. The van der Waals surface area contributed by atoms with Crippen LogP contribution in [-0.4, -0.2) is 32.9 Å². The lowest BCUT2D eigenvalue weighted by atomic mass is 9.77. The van der Waals surface area contributed by atoms with Crippen LogP contribution in [0, 0.1) is 0 Å². The summed E-state index contributed by atoms with van der Waals surface area (Å²) in [6.45, 7) is 1.36. The molecule has 1 aliphatic rings. The molecule has 5 nitrogen and oxygen atoms in total. The van der Waals surface area contributed by atoms with E-state index in [1.165, 1.54) is 0 Å². The first-order chi connectivity index (χ1) is 7.23. The van der Waals surface area contributed by atoms with Crippen molar-refractivity contribution in [1.29, 1.82) is 0 Å². The fourth-order valence-corrected chi connectivity index (χ4v) is 1.84. The zero-order valence-electron chi connectivity index (χ0n) is 8.52. The summed E-state index contributed by atoms with van der Waals surface area (Å²) < 4.78 is 1.79. The Kier molecular flexibility index (Phi) is 2.73. The van der Waals surface area contributed by atoms with Crippen molar-refractivity contribution in [3.63, 3.8) is 0 Å². The first-order valence-electron chi connectivity index (χ1n) is 5.19. The molecule has 2 rings (SSSR count). The van der Waals surface area contributed by atoms with Crippen LogP contribution in [0.1, 0.15) is 19.3 Å². The molecule has 2 N–H and O–H groups in total. The molecule has 0 amide bonds.